The van der Waals surface area contributed by atoms with Crippen molar-refractivity contribution in [1.29, 1.82) is 0 Å². The number of benzene rings is 2. The largest absolute Gasteiger partial charge is 0.495 e. The predicted octanol–water partition coefficient (Wildman–Crippen LogP) is 3.76. The monoisotopic (exact) mass is 400 g/mol. The van der Waals surface area contributed by atoms with Crippen LogP contribution in [0.1, 0.15) is 21.6 Å². The highest BCUT2D eigenvalue weighted by Gasteiger charge is 2.28. The van der Waals surface area contributed by atoms with Crippen molar-refractivity contribution >= 4 is 40.2 Å². The van der Waals surface area contributed by atoms with E-state index in [-0.39, 0.29) is 11.5 Å². The first-order chi connectivity index (χ1) is 14.5. The van der Waals surface area contributed by atoms with E-state index in [4.69, 9.17) is 14.8 Å². The van der Waals surface area contributed by atoms with Gasteiger partial charge in [-0.05, 0) is 36.4 Å². The number of aromatic carboxylic acids is 1. The molecule has 4 N–H and O–H groups in total. The van der Waals surface area contributed by atoms with Crippen molar-refractivity contribution < 1.29 is 19.4 Å². The van der Waals surface area contributed by atoms with Crippen LogP contribution in [0.5, 0.6) is 5.75 Å². The third-order valence-corrected chi connectivity index (χ3v) is 5.07. The quantitative estimate of drug-likeness (QED) is 0.389. The van der Waals surface area contributed by atoms with E-state index in [2.05, 4.69) is 15.3 Å². The van der Waals surface area contributed by atoms with Gasteiger partial charge in [-0.2, -0.15) is 0 Å². The Morgan fingerprint density at radius 2 is 1.93 bits per heavy atom. The highest BCUT2D eigenvalue weighted by Crippen LogP contribution is 2.39. The van der Waals surface area contributed by atoms with Crippen molar-refractivity contribution in [3.8, 4) is 17.1 Å². The van der Waals surface area contributed by atoms with E-state index in [1.165, 1.54) is 12.1 Å². The summed E-state index contributed by atoms with van der Waals surface area (Å²) in [6, 6.07) is 11.9. The van der Waals surface area contributed by atoms with Crippen LogP contribution in [0.25, 0.3) is 34.1 Å². The number of H-pyrrole nitrogens is 2. The number of nitrogens with zero attached hydrogens (tertiary/aromatic N) is 1. The van der Waals surface area contributed by atoms with Crippen LogP contribution in [0.3, 0.4) is 0 Å². The molecular formula is C22H16N4O4. The first-order valence-electron chi connectivity index (χ1n) is 9.16. The van der Waals surface area contributed by atoms with Crippen molar-refractivity contribution in [3.05, 3.63) is 65.5 Å². The van der Waals surface area contributed by atoms with E-state index >= 15 is 0 Å². The maximum atomic E-state index is 12.7. The Morgan fingerprint density at radius 3 is 2.67 bits per heavy atom. The number of carbonyl (C=O) groups is 2. The van der Waals surface area contributed by atoms with E-state index < -0.39 is 5.97 Å². The Labute approximate surface area is 170 Å². The van der Waals surface area contributed by atoms with Gasteiger partial charge in [0.1, 0.15) is 11.6 Å². The minimum atomic E-state index is -0.983. The number of hydrogen-bond acceptors (Lipinski definition) is 4. The second kappa shape index (κ2) is 6.63. The summed E-state index contributed by atoms with van der Waals surface area (Å²) >= 11 is 0. The molecular weight excluding hydrogens is 384 g/mol. The minimum absolute atomic E-state index is 0.204. The molecule has 0 saturated carbocycles. The number of hydrogen-bond donors (Lipinski definition) is 4. The summed E-state index contributed by atoms with van der Waals surface area (Å²) in [6.45, 7) is 0. The zero-order valence-electron chi connectivity index (χ0n) is 15.8. The lowest BCUT2D eigenvalue weighted by Crippen LogP contribution is -2.03. The second-order valence-electron chi connectivity index (χ2n) is 6.82. The first-order valence-corrected chi connectivity index (χ1v) is 9.16. The maximum Gasteiger partial charge on any atom is 0.335 e. The molecule has 0 aliphatic carbocycles. The Kier molecular flexibility index (Phi) is 3.92. The number of carboxylic acids is 1. The molecule has 30 heavy (non-hydrogen) atoms. The molecule has 4 aromatic rings. The lowest BCUT2D eigenvalue weighted by molar-refractivity contribution is -0.110. The van der Waals surface area contributed by atoms with Crippen molar-refractivity contribution in [2.75, 3.05) is 12.4 Å². The first kappa shape index (κ1) is 17.7. The zero-order chi connectivity index (χ0) is 20.8. The van der Waals surface area contributed by atoms with E-state index in [0.29, 0.717) is 39.6 Å². The molecule has 148 valence electrons. The van der Waals surface area contributed by atoms with Gasteiger partial charge in [0.2, 0.25) is 0 Å². The molecule has 1 aliphatic rings. The number of methoxy groups -OCH3 is 1. The number of nitrogens with one attached hydrogen (secondary N) is 3. The summed E-state index contributed by atoms with van der Waals surface area (Å²) in [7, 11) is 1.57. The Bertz CT molecular complexity index is 1350. The average molecular weight is 400 g/mol. The van der Waals surface area contributed by atoms with Crippen LogP contribution >= 0.6 is 0 Å². The summed E-state index contributed by atoms with van der Waals surface area (Å²) in [6.07, 6.45) is 3.49. The lowest BCUT2D eigenvalue weighted by Gasteiger charge is -2.01. The molecule has 1 aliphatic heterocycles. The number of fused-ring (bicyclic) bond motifs is 3. The highest BCUT2D eigenvalue weighted by molar-refractivity contribution is 6.37. The molecule has 0 unspecified atom stereocenters. The molecule has 8 nitrogen and oxygen atoms in total. The summed E-state index contributed by atoms with van der Waals surface area (Å²) in [5, 5.41) is 12.0. The van der Waals surface area contributed by atoms with Gasteiger partial charge < -0.3 is 25.1 Å². The Hall–Kier alpha value is -4.33. The number of aromatic nitrogens is 3. The van der Waals surface area contributed by atoms with Gasteiger partial charge in [0.25, 0.3) is 5.91 Å². The number of carboxylic acid groups (broad SMARTS) is 1. The van der Waals surface area contributed by atoms with Gasteiger partial charge in [-0.25, -0.2) is 9.78 Å². The van der Waals surface area contributed by atoms with E-state index in [0.717, 1.165) is 11.1 Å². The van der Waals surface area contributed by atoms with E-state index in [1.54, 1.807) is 37.6 Å². The maximum absolute atomic E-state index is 12.7. The Balaban J connectivity index is 1.64. The third kappa shape index (κ3) is 2.74. The van der Waals surface area contributed by atoms with Crippen LogP contribution < -0.4 is 10.1 Å². The average Bonchev–Trinajstić information content (AvgIpc) is 3.45. The second-order valence-corrected chi connectivity index (χ2v) is 6.82. The highest BCUT2D eigenvalue weighted by atomic mass is 16.5. The van der Waals surface area contributed by atoms with Gasteiger partial charge in [0.15, 0.2) is 0 Å². The number of imidazole rings is 1. The van der Waals surface area contributed by atoms with Gasteiger partial charge in [-0.3, -0.25) is 4.79 Å². The van der Waals surface area contributed by atoms with Gasteiger partial charge in [0, 0.05) is 17.3 Å². The van der Waals surface area contributed by atoms with Gasteiger partial charge in [-0.15, -0.1) is 0 Å². The molecule has 3 heterocycles. The fourth-order valence-corrected chi connectivity index (χ4v) is 3.60. The Morgan fingerprint density at radius 1 is 1.13 bits per heavy atom. The smallest absolute Gasteiger partial charge is 0.335 e. The number of aromatic amines is 2. The van der Waals surface area contributed by atoms with Crippen LogP contribution in [0.2, 0.25) is 0 Å². The molecule has 8 heteroatoms. The van der Waals surface area contributed by atoms with Crippen LogP contribution in [0.4, 0.5) is 5.69 Å². The molecule has 0 saturated heterocycles. The van der Waals surface area contributed by atoms with Crippen molar-refractivity contribution in [2.24, 2.45) is 0 Å². The molecule has 0 atom stereocenters. The molecule has 2 aromatic heterocycles. The molecule has 0 radical (unpaired) electrons. The van der Waals surface area contributed by atoms with Crippen molar-refractivity contribution in [1.82, 2.24) is 15.0 Å². The minimum Gasteiger partial charge on any atom is -0.495 e. The predicted molar refractivity (Wildman–Crippen MR) is 112 cm³/mol. The topological polar surface area (TPSA) is 120 Å². The van der Waals surface area contributed by atoms with Crippen molar-refractivity contribution in [2.45, 2.75) is 0 Å². The standard InChI is InChI=1S/C22H16N4O4/c1-30-17-8-9-23-16(17)10-13-18-14(25-21(13)27)6-7-15-19(18)26-20(24-15)11-2-4-12(5-3-11)22(28)29/h2-10,23H,1H3,(H,24,26)(H,25,27)(H,28,29). The van der Waals surface area contributed by atoms with Crippen LogP contribution in [0.15, 0.2) is 48.7 Å². The van der Waals surface area contributed by atoms with Gasteiger partial charge in [0.05, 0.1) is 40.7 Å². The summed E-state index contributed by atoms with van der Waals surface area (Å²) < 4.78 is 5.32. The SMILES string of the molecule is COc1cc[nH]c1C=C1C(=O)Nc2ccc3[nH]c(-c4ccc(C(=O)O)cc4)nc3c21. The molecule has 2 aromatic carbocycles. The van der Waals surface area contributed by atoms with Crippen LogP contribution in [0, 0.1) is 0 Å². The number of carbonyl (C=O) groups excluding carboxylic acids is 1. The van der Waals surface area contributed by atoms with E-state index in [1.807, 2.05) is 12.1 Å². The molecule has 0 fully saturated rings. The zero-order valence-corrected chi connectivity index (χ0v) is 15.8. The van der Waals surface area contributed by atoms with Crippen molar-refractivity contribution in [3.63, 3.8) is 0 Å². The number of amides is 1. The number of ether oxygens (including phenoxy) is 1. The van der Waals surface area contributed by atoms with Crippen LogP contribution in [-0.2, 0) is 4.79 Å². The van der Waals surface area contributed by atoms with Gasteiger partial charge in [-0.1, -0.05) is 12.1 Å². The summed E-state index contributed by atoms with van der Waals surface area (Å²) in [4.78, 5) is 34.8. The fourth-order valence-electron chi connectivity index (χ4n) is 3.60. The number of anilines is 1. The lowest BCUT2D eigenvalue weighted by atomic mass is 10.0. The number of rotatable bonds is 4. The van der Waals surface area contributed by atoms with Gasteiger partial charge >= 0.3 is 5.97 Å². The molecule has 1 amide bonds. The molecule has 0 spiro atoms. The summed E-state index contributed by atoms with van der Waals surface area (Å²) in [5.74, 6) is 0.0243. The third-order valence-electron chi connectivity index (χ3n) is 5.07. The fraction of sp³-hybridized carbons (Fsp3) is 0.0455. The molecule has 0 bridgehead atoms. The van der Waals surface area contributed by atoms with Crippen LogP contribution in [-0.4, -0.2) is 39.0 Å². The normalized spacial score (nSPS) is 14.2. The van der Waals surface area contributed by atoms with E-state index in [9.17, 15) is 9.59 Å². The summed E-state index contributed by atoms with van der Waals surface area (Å²) in [5.41, 5.74) is 4.94. The molecule has 5 rings (SSSR count).